The van der Waals surface area contributed by atoms with Crippen LogP contribution in [0.3, 0.4) is 0 Å². The first-order valence-corrected chi connectivity index (χ1v) is 8.03. The van der Waals surface area contributed by atoms with Crippen LogP contribution in [0.4, 0.5) is 0 Å². The third-order valence-electron chi connectivity index (χ3n) is 4.22. The summed E-state index contributed by atoms with van der Waals surface area (Å²) >= 11 is 0. The second kappa shape index (κ2) is 6.86. The largest absolute Gasteiger partial charge is 0.291 e. The molecule has 0 spiro atoms. The Bertz CT molecular complexity index is 965. The van der Waals surface area contributed by atoms with Gasteiger partial charge in [0.15, 0.2) is 0 Å². The number of carbonyl (C=O) groups is 1. The van der Waals surface area contributed by atoms with Crippen molar-refractivity contribution < 1.29 is 10.0 Å². The predicted molar refractivity (Wildman–Crippen MR) is 94.7 cm³/mol. The number of aromatic nitrogens is 2. The number of nitrogens with zero attached hydrogens (tertiary/aromatic N) is 2. The van der Waals surface area contributed by atoms with Crippen LogP contribution < -0.4 is 11.0 Å². The minimum atomic E-state index is -0.667. The van der Waals surface area contributed by atoms with E-state index in [-0.39, 0.29) is 23.1 Å². The molecule has 1 heterocycles. The predicted octanol–water partition coefficient (Wildman–Crippen LogP) is 2.76. The normalized spacial score (nSPS) is 12.3. The molecular weight excluding hydrogens is 318 g/mol. The van der Waals surface area contributed by atoms with Gasteiger partial charge in [0.2, 0.25) is 0 Å². The molecule has 3 rings (SSSR count). The van der Waals surface area contributed by atoms with Crippen molar-refractivity contribution in [3.63, 3.8) is 0 Å². The van der Waals surface area contributed by atoms with E-state index in [1.54, 1.807) is 22.4 Å². The maximum Gasteiger partial charge on any atom is 0.274 e. The Kier molecular flexibility index (Phi) is 4.63. The summed E-state index contributed by atoms with van der Waals surface area (Å²) in [6.45, 7) is 4.09. The molecule has 6 nitrogen and oxygen atoms in total. The highest BCUT2D eigenvalue weighted by atomic mass is 16.5. The highest BCUT2D eigenvalue weighted by Crippen LogP contribution is 2.25. The lowest BCUT2D eigenvalue weighted by molar-refractivity contribution is 0.0706. The average molecular weight is 337 g/mol. The molecule has 0 aliphatic carbocycles. The van der Waals surface area contributed by atoms with E-state index in [9.17, 15) is 9.59 Å². The molecule has 1 atom stereocenters. The molecule has 3 aromatic rings. The van der Waals surface area contributed by atoms with Gasteiger partial charge in [-0.3, -0.25) is 19.4 Å². The Balaban J connectivity index is 2.20. The zero-order chi connectivity index (χ0) is 18.0. The van der Waals surface area contributed by atoms with Crippen LogP contribution in [0.1, 0.15) is 35.8 Å². The van der Waals surface area contributed by atoms with Crippen molar-refractivity contribution in [3.05, 3.63) is 76.3 Å². The first-order valence-electron chi connectivity index (χ1n) is 8.03. The summed E-state index contributed by atoms with van der Waals surface area (Å²) in [5.41, 5.74) is 3.08. The molecule has 0 saturated carbocycles. The summed E-state index contributed by atoms with van der Waals surface area (Å²) < 4.78 is 1.60. The van der Waals surface area contributed by atoms with Crippen molar-refractivity contribution in [1.82, 2.24) is 15.0 Å². The van der Waals surface area contributed by atoms with E-state index >= 15 is 0 Å². The number of hydrogen-bond donors (Lipinski definition) is 2. The molecule has 6 heteroatoms. The lowest BCUT2D eigenvalue weighted by Gasteiger charge is -2.24. The molecule has 2 aromatic carbocycles. The van der Waals surface area contributed by atoms with Gasteiger partial charge in [0.25, 0.3) is 11.5 Å². The number of rotatable bonds is 4. The minimum absolute atomic E-state index is 0.166. The van der Waals surface area contributed by atoms with Gasteiger partial charge in [-0.25, -0.2) is 10.5 Å². The van der Waals surface area contributed by atoms with Gasteiger partial charge in [-0.05, 0) is 29.7 Å². The number of fused-ring (bicyclic) bond motifs is 1. The highest BCUT2D eigenvalue weighted by Gasteiger charge is 2.20. The van der Waals surface area contributed by atoms with E-state index in [1.807, 2.05) is 44.2 Å². The summed E-state index contributed by atoms with van der Waals surface area (Å²) in [7, 11) is 0. The second-order valence-electron chi connectivity index (χ2n) is 6.23. The number of amides is 1. The quantitative estimate of drug-likeness (QED) is 0.566. The van der Waals surface area contributed by atoms with Gasteiger partial charge in [0.1, 0.15) is 0 Å². The standard InChI is InChI=1S/C19H19N3O3/c1-12(2)17(13-6-4-3-5-7-13)22-11-20-16-9-8-14(18(23)21-25)10-15(16)19(22)24/h3-12,17,25H,1-2H3,(H,21,23). The fourth-order valence-corrected chi connectivity index (χ4v) is 3.06. The number of nitrogens with one attached hydrogen (secondary N) is 1. The summed E-state index contributed by atoms with van der Waals surface area (Å²) in [5.74, 6) is -0.497. The smallest absolute Gasteiger partial charge is 0.274 e. The van der Waals surface area contributed by atoms with Crippen LogP contribution >= 0.6 is 0 Å². The first kappa shape index (κ1) is 16.9. The lowest BCUT2D eigenvalue weighted by atomic mass is 9.95. The van der Waals surface area contributed by atoms with Crippen LogP contribution in [0.5, 0.6) is 0 Å². The van der Waals surface area contributed by atoms with Crippen molar-refractivity contribution in [2.75, 3.05) is 0 Å². The molecule has 0 saturated heterocycles. The molecule has 0 radical (unpaired) electrons. The third-order valence-corrected chi connectivity index (χ3v) is 4.22. The molecule has 0 bridgehead atoms. The Morgan fingerprint density at radius 1 is 1.16 bits per heavy atom. The fraction of sp³-hybridized carbons (Fsp3) is 0.211. The van der Waals surface area contributed by atoms with Crippen LogP contribution in [0.2, 0.25) is 0 Å². The van der Waals surface area contributed by atoms with Gasteiger partial charge in [0.05, 0.1) is 23.3 Å². The summed E-state index contributed by atoms with van der Waals surface area (Å²) in [6, 6.07) is 14.2. The number of benzene rings is 2. The third kappa shape index (κ3) is 3.16. The van der Waals surface area contributed by atoms with Gasteiger partial charge in [-0.2, -0.15) is 0 Å². The van der Waals surface area contributed by atoms with Gasteiger partial charge < -0.3 is 0 Å². The zero-order valence-electron chi connectivity index (χ0n) is 14.0. The van der Waals surface area contributed by atoms with Crippen LogP contribution in [0, 0.1) is 5.92 Å². The van der Waals surface area contributed by atoms with Gasteiger partial charge in [0, 0.05) is 5.56 Å². The van der Waals surface area contributed by atoms with Gasteiger partial charge in [-0.15, -0.1) is 0 Å². The van der Waals surface area contributed by atoms with Crippen molar-refractivity contribution in [3.8, 4) is 0 Å². The Hall–Kier alpha value is -2.99. The zero-order valence-corrected chi connectivity index (χ0v) is 14.0. The molecule has 1 aromatic heterocycles. The number of carbonyl (C=O) groups excluding carboxylic acids is 1. The Morgan fingerprint density at radius 2 is 1.88 bits per heavy atom. The van der Waals surface area contributed by atoms with Crippen LogP contribution in [0.15, 0.2) is 59.7 Å². The van der Waals surface area contributed by atoms with Gasteiger partial charge in [-0.1, -0.05) is 44.2 Å². The van der Waals surface area contributed by atoms with Crippen molar-refractivity contribution in [1.29, 1.82) is 0 Å². The fourth-order valence-electron chi connectivity index (χ4n) is 3.06. The summed E-state index contributed by atoms with van der Waals surface area (Å²) in [5, 5.41) is 9.13. The average Bonchev–Trinajstić information content (AvgIpc) is 2.63. The Labute approximate surface area is 144 Å². The molecule has 1 amide bonds. The van der Waals surface area contributed by atoms with E-state index in [0.717, 1.165) is 5.56 Å². The van der Waals surface area contributed by atoms with Crippen LogP contribution in [-0.4, -0.2) is 20.7 Å². The molecule has 0 aliphatic rings. The molecule has 2 N–H and O–H groups in total. The van der Waals surface area contributed by atoms with Crippen LogP contribution in [0.25, 0.3) is 10.9 Å². The summed E-state index contributed by atoms with van der Waals surface area (Å²) in [4.78, 5) is 29.0. The topological polar surface area (TPSA) is 84.2 Å². The number of hydroxylamine groups is 1. The van der Waals surface area contributed by atoms with Crippen molar-refractivity contribution in [2.24, 2.45) is 5.92 Å². The van der Waals surface area contributed by atoms with Crippen molar-refractivity contribution in [2.45, 2.75) is 19.9 Å². The van der Waals surface area contributed by atoms with E-state index in [0.29, 0.717) is 10.9 Å². The van der Waals surface area contributed by atoms with E-state index in [2.05, 4.69) is 4.98 Å². The van der Waals surface area contributed by atoms with Crippen molar-refractivity contribution >= 4 is 16.8 Å². The maximum atomic E-state index is 13.0. The lowest BCUT2D eigenvalue weighted by Crippen LogP contribution is -2.29. The van der Waals surface area contributed by atoms with Gasteiger partial charge >= 0.3 is 0 Å². The van der Waals surface area contributed by atoms with E-state index < -0.39 is 5.91 Å². The molecule has 25 heavy (non-hydrogen) atoms. The Morgan fingerprint density at radius 3 is 2.52 bits per heavy atom. The SMILES string of the molecule is CC(C)C(c1ccccc1)n1cnc2ccc(C(=O)NO)cc2c1=O. The molecule has 128 valence electrons. The van der Waals surface area contributed by atoms with E-state index in [4.69, 9.17) is 5.21 Å². The monoisotopic (exact) mass is 337 g/mol. The van der Waals surface area contributed by atoms with E-state index in [1.165, 1.54) is 12.1 Å². The second-order valence-corrected chi connectivity index (χ2v) is 6.23. The molecule has 0 aliphatic heterocycles. The minimum Gasteiger partial charge on any atom is -0.291 e. The molecule has 1 unspecified atom stereocenters. The summed E-state index contributed by atoms with van der Waals surface area (Å²) in [6.07, 6.45) is 1.55. The number of hydrogen-bond acceptors (Lipinski definition) is 4. The highest BCUT2D eigenvalue weighted by molar-refractivity contribution is 5.97. The first-order chi connectivity index (χ1) is 12.0. The molecular formula is C19H19N3O3. The van der Waals surface area contributed by atoms with Crippen LogP contribution in [-0.2, 0) is 0 Å². The molecule has 0 fully saturated rings. The maximum absolute atomic E-state index is 13.0.